The van der Waals surface area contributed by atoms with Crippen LogP contribution in [0.4, 0.5) is 0 Å². The molecule has 4 aliphatic carbocycles. The van der Waals surface area contributed by atoms with Crippen LogP contribution in [-0.4, -0.2) is 12.0 Å². The third kappa shape index (κ3) is 7.30. The van der Waals surface area contributed by atoms with E-state index in [9.17, 15) is 0 Å². The van der Waals surface area contributed by atoms with E-state index < -0.39 is 53.2 Å². The molecule has 4 aromatic rings. The molecule has 4 aromatic carbocycles. The van der Waals surface area contributed by atoms with Crippen molar-refractivity contribution in [3.63, 3.8) is 0 Å². The Balaban J connectivity index is 0.000000200. The summed E-state index contributed by atoms with van der Waals surface area (Å²) in [6, 6.07) is 37.1. The van der Waals surface area contributed by atoms with E-state index in [1.165, 1.54) is 22.3 Å². The number of halogens is 2. The third-order valence-corrected chi connectivity index (χ3v) is 76.1. The number of allylic oxidation sites excluding steroid dienone is 8. The number of hydrogen-bond acceptors (Lipinski definition) is 0. The first-order valence-corrected chi connectivity index (χ1v) is 46.2. The summed E-state index contributed by atoms with van der Waals surface area (Å²) in [7, 11) is 0. The first-order chi connectivity index (χ1) is 24.9. The molecular formula is C48H58Cl2Hf2Si2. The smallest absolute Gasteiger partial charge is 1.00 e. The van der Waals surface area contributed by atoms with Crippen LogP contribution in [0.5, 0.6) is 0 Å². The molecule has 0 amide bonds. The second-order valence-electron chi connectivity index (χ2n) is 16.6. The molecule has 0 saturated heterocycles. The molecule has 0 heterocycles. The van der Waals surface area contributed by atoms with Crippen LogP contribution < -0.4 is 24.8 Å². The standard InChI is InChI=1S/4C11H11.2C2H7Si.2ClH.2Hf/c4*1-8-7-10-5-3-4-6-11(10)9(8)2;2*1-3-2;;;;/h4*3-7H,1-2H3;2*3H,1-2H3;2*1H;;/q;;;;;;;;2*+1/p-2. The second-order valence-corrected chi connectivity index (χ2v) is 72.5. The maximum absolute atomic E-state index is 2.65. The molecule has 0 spiro atoms. The van der Waals surface area contributed by atoms with E-state index in [-0.39, 0.29) is 24.8 Å². The molecule has 4 atom stereocenters. The predicted molar refractivity (Wildman–Crippen MR) is 228 cm³/mol. The molecule has 0 radical (unpaired) electrons. The largest absolute Gasteiger partial charge is 1.00 e. The normalized spacial score (nSPS) is 20.7. The molecule has 0 aromatic heterocycles. The Morgan fingerprint density at radius 3 is 0.704 bits per heavy atom. The van der Waals surface area contributed by atoms with Gasteiger partial charge in [-0.3, -0.25) is 0 Å². The zero-order valence-electron chi connectivity index (χ0n) is 34.5. The SMILES string of the molecule is CC1=C(C)[CH]([Hf+]([CH]2C(C)=C(C)c3ccccc32)[SiH](C)C)c2ccccc21.CC1=C(C)[CH]([Hf+]([CH]2C(C)=C(C)c3ccccc32)[SiH](C)C)c2ccccc21.[Cl-].[Cl-]. The van der Waals surface area contributed by atoms with Crippen LogP contribution in [0.15, 0.2) is 119 Å². The van der Waals surface area contributed by atoms with Crippen molar-refractivity contribution in [3.05, 3.63) is 164 Å². The molecule has 0 N–H and O–H groups in total. The minimum absolute atomic E-state index is 0. The monoisotopic (exact) mass is 1120 g/mol. The molecule has 0 saturated carbocycles. The molecule has 54 heavy (non-hydrogen) atoms. The Morgan fingerprint density at radius 1 is 0.333 bits per heavy atom. The van der Waals surface area contributed by atoms with Gasteiger partial charge in [0.1, 0.15) is 0 Å². The second kappa shape index (κ2) is 17.6. The van der Waals surface area contributed by atoms with Crippen LogP contribution in [0.1, 0.15) is 115 Å². The summed E-state index contributed by atoms with van der Waals surface area (Å²) in [4.78, 5) is 0. The van der Waals surface area contributed by atoms with Crippen LogP contribution >= 0.6 is 0 Å². The van der Waals surface area contributed by atoms with Crippen LogP contribution in [-0.2, 0) is 41.2 Å². The Morgan fingerprint density at radius 2 is 0.519 bits per heavy atom. The molecule has 0 fully saturated rings. The summed E-state index contributed by atoms with van der Waals surface area (Å²) in [5.41, 5.74) is 25.9. The fourth-order valence-corrected chi connectivity index (χ4v) is 77.3. The number of rotatable bonds is 6. The summed E-state index contributed by atoms with van der Waals surface area (Å²) >= 11 is -4.01. The number of fused-ring (bicyclic) bond motifs is 4. The van der Waals surface area contributed by atoms with Gasteiger partial charge in [-0.1, -0.05) is 0 Å². The van der Waals surface area contributed by atoms with Crippen molar-refractivity contribution in [1.82, 2.24) is 0 Å². The zero-order valence-corrected chi connectivity index (χ0v) is 45.5. The summed E-state index contributed by atoms with van der Waals surface area (Å²) < 4.78 is 3.17. The van der Waals surface area contributed by atoms with E-state index in [0.717, 1.165) is 14.7 Å². The van der Waals surface area contributed by atoms with E-state index in [0.29, 0.717) is 0 Å². The topological polar surface area (TPSA) is 0 Å². The van der Waals surface area contributed by atoms with Gasteiger partial charge in [-0.25, -0.2) is 0 Å². The maximum atomic E-state index is 2.65. The Hall–Kier alpha value is -1.41. The van der Waals surface area contributed by atoms with Crippen molar-refractivity contribution >= 4 is 34.3 Å². The Labute approximate surface area is 356 Å². The van der Waals surface area contributed by atoms with Gasteiger partial charge in [-0.2, -0.15) is 0 Å². The van der Waals surface area contributed by atoms with Gasteiger partial charge in [0.25, 0.3) is 0 Å². The number of benzene rings is 4. The van der Waals surface area contributed by atoms with Gasteiger partial charge in [-0.15, -0.1) is 0 Å². The first-order valence-electron chi connectivity index (χ1n) is 19.7. The van der Waals surface area contributed by atoms with Crippen LogP contribution in [0, 0.1) is 0 Å². The summed E-state index contributed by atoms with van der Waals surface area (Å²) in [5, 5.41) is 0. The van der Waals surface area contributed by atoms with Crippen LogP contribution in [0.25, 0.3) is 22.3 Å². The summed E-state index contributed by atoms with van der Waals surface area (Å²) in [5.74, 6) is -1.39. The quantitative estimate of drug-likeness (QED) is 0.177. The fraction of sp³-hybridized carbons (Fsp3) is 0.333. The van der Waals surface area contributed by atoms with Gasteiger partial charge < -0.3 is 24.8 Å². The average molecular weight is 1120 g/mol. The molecule has 0 bridgehead atoms. The maximum Gasteiger partial charge on any atom is -1.00 e. The predicted octanol–water partition coefficient (Wildman–Crippen LogP) is 7.38. The van der Waals surface area contributed by atoms with Crippen molar-refractivity contribution < 1.29 is 66.0 Å². The molecule has 4 aliphatic rings. The van der Waals surface area contributed by atoms with Gasteiger partial charge in [0, 0.05) is 0 Å². The minimum atomic E-state index is -2.01. The van der Waals surface area contributed by atoms with Crippen LogP contribution in [0.2, 0.25) is 26.2 Å². The zero-order chi connectivity index (χ0) is 37.2. The van der Waals surface area contributed by atoms with Gasteiger partial charge in [0.05, 0.1) is 0 Å². The average Bonchev–Trinajstić information content (AvgIpc) is 3.74. The van der Waals surface area contributed by atoms with Crippen molar-refractivity contribution in [2.24, 2.45) is 0 Å². The first kappa shape index (κ1) is 43.7. The van der Waals surface area contributed by atoms with Crippen LogP contribution in [0.3, 0.4) is 0 Å². The van der Waals surface area contributed by atoms with Crippen molar-refractivity contribution in [2.45, 2.75) is 96.3 Å². The van der Waals surface area contributed by atoms with Crippen molar-refractivity contribution in [3.8, 4) is 0 Å². The van der Waals surface area contributed by atoms with Gasteiger partial charge in [-0.05, 0) is 0 Å². The fourth-order valence-electron chi connectivity index (χ4n) is 10.4. The molecule has 0 nitrogen and oxygen atoms in total. The molecule has 0 aliphatic heterocycles. The minimum Gasteiger partial charge on any atom is -1.00 e. The number of hydrogen-bond donors (Lipinski definition) is 0. The van der Waals surface area contributed by atoms with Crippen molar-refractivity contribution in [2.75, 3.05) is 0 Å². The molecule has 4 unspecified atom stereocenters. The molecule has 6 heteroatoms. The summed E-state index contributed by atoms with van der Waals surface area (Å²) in [6.07, 6.45) is 0. The van der Waals surface area contributed by atoms with E-state index >= 15 is 0 Å². The van der Waals surface area contributed by atoms with E-state index in [1.807, 2.05) is 0 Å². The molecule has 8 rings (SSSR count). The summed E-state index contributed by atoms with van der Waals surface area (Å²) in [6.45, 7) is 29.8. The van der Waals surface area contributed by atoms with E-state index in [1.54, 1.807) is 66.8 Å². The van der Waals surface area contributed by atoms with Crippen molar-refractivity contribution in [1.29, 1.82) is 0 Å². The molecular weight excluding hydrogens is 1060 g/mol. The Bertz CT molecular complexity index is 1890. The third-order valence-electron chi connectivity index (χ3n) is 13.5. The van der Waals surface area contributed by atoms with E-state index in [4.69, 9.17) is 0 Å². The van der Waals surface area contributed by atoms with E-state index in [2.05, 4.69) is 179 Å². The molecule has 280 valence electrons. The van der Waals surface area contributed by atoms with Gasteiger partial charge in [0.15, 0.2) is 0 Å². The van der Waals surface area contributed by atoms with Gasteiger partial charge in [0.2, 0.25) is 0 Å². The Kier molecular flexibility index (Phi) is 14.3. The van der Waals surface area contributed by atoms with Gasteiger partial charge >= 0.3 is 336 Å².